The third kappa shape index (κ3) is 6.22. The lowest BCUT2D eigenvalue weighted by atomic mass is 10.1. The van der Waals surface area contributed by atoms with Crippen LogP contribution in [0.4, 0.5) is 5.69 Å². The van der Waals surface area contributed by atoms with Crippen LogP contribution in [0.2, 0.25) is 0 Å². The standard InChI is InChI=1S/C23H29NO/c1-3-5-17-24(18-6-4-2)23-15-13-21(14-16-23)8-7-20-9-11-22(19-25)12-10-20/h7-16,19H,3-6,17-18H2,1-2H3/b8-7+. The first kappa shape index (κ1) is 19.0. The predicted molar refractivity (Wildman–Crippen MR) is 109 cm³/mol. The molecule has 0 aliphatic rings. The lowest BCUT2D eigenvalue weighted by Crippen LogP contribution is -2.25. The van der Waals surface area contributed by atoms with Gasteiger partial charge in [-0.3, -0.25) is 4.79 Å². The molecule has 0 saturated heterocycles. The van der Waals surface area contributed by atoms with E-state index in [1.165, 1.54) is 36.9 Å². The molecule has 2 aromatic rings. The van der Waals surface area contributed by atoms with Crippen LogP contribution in [-0.4, -0.2) is 19.4 Å². The molecule has 25 heavy (non-hydrogen) atoms. The summed E-state index contributed by atoms with van der Waals surface area (Å²) in [4.78, 5) is 13.2. The maximum absolute atomic E-state index is 10.7. The number of rotatable bonds is 10. The monoisotopic (exact) mass is 335 g/mol. The Morgan fingerprint density at radius 3 is 1.60 bits per heavy atom. The number of aldehydes is 1. The molecule has 0 saturated carbocycles. The van der Waals surface area contributed by atoms with Gasteiger partial charge < -0.3 is 4.90 Å². The Morgan fingerprint density at radius 1 is 0.720 bits per heavy atom. The molecular weight excluding hydrogens is 306 g/mol. The molecule has 0 bridgehead atoms. The maximum atomic E-state index is 10.7. The Balaban J connectivity index is 2.03. The van der Waals surface area contributed by atoms with E-state index < -0.39 is 0 Å². The average molecular weight is 335 g/mol. The number of hydrogen-bond acceptors (Lipinski definition) is 2. The number of unbranched alkanes of at least 4 members (excludes halogenated alkanes) is 2. The van der Waals surface area contributed by atoms with Gasteiger partial charge in [-0.2, -0.15) is 0 Å². The van der Waals surface area contributed by atoms with E-state index in [2.05, 4.69) is 55.2 Å². The van der Waals surface area contributed by atoms with Gasteiger partial charge in [0.05, 0.1) is 0 Å². The molecule has 2 nitrogen and oxygen atoms in total. The van der Waals surface area contributed by atoms with E-state index in [1.807, 2.05) is 24.3 Å². The summed E-state index contributed by atoms with van der Waals surface area (Å²) in [6.07, 6.45) is 10.00. The highest BCUT2D eigenvalue weighted by Gasteiger charge is 2.05. The number of carbonyl (C=O) groups is 1. The van der Waals surface area contributed by atoms with E-state index in [0.29, 0.717) is 5.56 Å². The molecule has 0 N–H and O–H groups in total. The van der Waals surface area contributed by atoms with Crippen molar-refractivity contribution in [1.82, 2.24) is 0 Å². The third-order valence-corrected chi connectivity index (χ3v) is 4.36. The zero-order chi connectivity index (χ0) is 17.9. The van der Waals surface area contributed by atoms with E-state index in [0.717, 1.165) is 24.9 Å². The summed E-state index contributed by atoms with van der Waals surface area (Å²) in [5, 5.41) is 0. The van der Waals surface area contributed by atoms with Crippen LogP contribution in [0.15, 0.2) is 48.5 Å². The highest BCUT2D eigenvalue weighted by atomic mass is 16.1. The van der Waals surface area contributed by atoms with Crippen LogP contribution >= 0.6 is 0 Å². The van der Waals surface area contributed by atoms with E-state index in [-0.39, 0.29) is 0 Å². The molecule has 2 aromatic carbocycles. The van der Waals surface area contributed by atoms with Crippen molar-refractivity contribution < 1.29 is 4.79 Å². The molecule has 132 valence electrons. The molecular formula is C23H29NO. The van der Waals surface area contributed by atoms with Crippen molar-refractivity contribution in [1.29, 1.82) is 0 Å². The average Bonchev–Trinajstić information content (AvgIpc) is 2.67. The van der Waals surface area contributed by atoms with Crippen LogP contribution < -0.4 is 4.90 Å². The second kappa shape index (κ2) is 10.5. The largest absolute Gasteiger partial charge is 0.372 e. The van der Waals surface area contributed by atoms with Crippen LogP contribution in [-0.2, 0) is 0 Å². The molecule has 2 heteroatoms. The van der Waals surface area contributed by atoms with Crippen molar-refractivity contribution in [3.63, 3.8) is 0 Å². The van der Waals surface area contributed by atoms with Gasteiger partial charge in [-0.15, -0.1) is 0 Å². The number of hydrogen-bond donors (Lipinski definition) is 0. The first-order valence-corrected chi connectivity index (χ1v) is 9.35. The highest BCUT2D eigenvalue weighted by molar-refractivity contribution is 5.76. The minimum atomic E-state index is 0.709. The quantitative estimate of drug-likeness (QED) is 0.387. The van der Waals surface area contributed by atoms with Gasteiger partial charge in [0.25, 0.3) is 0 Å². The van der Waals surface area contributed by atoms with Gasteiger partial charge in [0.15, 0.2) is 0 Å². The maximum Gasteiger partial charge on any atom is 0.150 e. The van der Waals surface area contributed by atoms with Gasteiger partial charge >= 0.3 is 0 Å². The van der Waals surface area contributed by atoms with Crippen molar-refractivity contribution in [3.05, 3.63) is 65.2 Å². The second-order valence-corrected chi connectivity index (χ2v) is 6.40. The zero-order valence-electron chi connectivity index (χ0n) is 15.4. The van der Waals surface area contributed by atoms with Crippen LogP contribution in [0, 0.1) is 0 Å². The van der Waals surface area contributed by atoms with Gasteiger partial charge in [0.2, 0.25) is 0 Å². The van der Waals surface area contributed by atoms with E-state index in [1.54, 1.807) is 0 Å². The van der Waals surface area contributed by atoms with Crippen molar-refractivity contribution >= 4 is 24.1 Å². The number of anilines is 1. The second-order valence-electron chi connectivity index (χ2n) is 6.40. The van der Waals surface area contributed by atoms with Crippen LogP contribution in [0.5, 0.6) is 0 Å². The summed E-state index contributed by atoms with van der Waals surface area (Å²) >= 11 is 0. The third-order valence-electron chi connectivity index (χ3n) is 4.36. The fourth-order valence-corrected chi connectivity index (χ4v) is 2.74. The van der Waals surface area contributed by atoms with E-state index in [4.69, 9.17) is 0 Å². The van der Waals surface area contributed by atoms with Crippen molar-refractivity contribution in [2.75, 3.05) is 18.0 Å². The minimum Gasteiger partial charge on any atom is -0.372 e. The molecule has 0 spiro atoms. The Morgan fingerprint density at radius 2 is 1.16 bits per heavy atom. The lowest BCUT2D eigenvalue weighted by molar-refractivity contribution is 0.112. The molecule has 2 rings (SSSR count). The van der Waals surface area contributed by atoms with Gasteiger partial charge in [-0.25, -0.2) is 0 Å². The molecule has 0 fully saturated rings. The smallest absolute Gasteiger partial charge is 0.150 e. The van der Waals surface area contributed by atoms with Crippen LogP contribution in [0.25, 0.3) is 12.2 Å². The summed E-state index contributed by atoms with van der Waals surface area (Å²) in [6.45, 7) is 6.75. The van der Waals surface area contributed by atoms with Gasteiger partial charge in [-0.05, 0) is 36.1 Å². The fraction of sp³-hybridized carbons (Fsp3) is 0.348. The molecule has 0 aliphatic carbocycles. The van der Waals surface area contributed by atoms with Crippen molar-refractivity contribution in [2.45, 2.75) is 39.5 Å². The first-order chi connectivity index (χ1) is 12.3. The molecule has 0 atom stereocenters. The summed E-state index contributed by atoms with van der Waals surface area (Å²) < 4.78 is 0. The number of nitrogens with zero attached hydrogens (tertiary/aromatic N) is 1. The zero-order valence-corrected chi connectivity index (χ0v) is 15.4. The topological polar surface area (TPSA) is 20.3 Å². The van der Waals surface area contributed by atoms with Crippen LogP contribution in [0.3, 0.4) is 0 Å². The summed E-state index contributed by atoms with van der Waals surface area (Å²) in [7, 11) is 0. The van der Waals surface area contributed by atoms with E-state index >= 15 is 0 Å². The van der Waals surface area contributed by atoms with Gasteiger partial charge in [0.1, 0.15) is 6.29 Å². The van der Waals surface area contributed by atoms with Crippen molar-refractivity contribution in [2.24, 2.45) is 0 Å². The summed E-state index contributed by atoms with van der Waals surface area (Å²) in [5.74, 6) is 0. The summed E-state index contributed by atoms with van der Waals surface area (Å²) in [6, 6.07) is 16.4. The first-order valence-electron chi connectivity index (χ1n) is 9.35. The Kier molecular flexibility index (Phi) is 7.97. The Bertz CT molecular complexity index is 647. The fourth-order valence-electron chi connectivity index (χ4n) is 2.74. The number of carbonyl (C=O) groups excluding carboxylic acids is 1. The molecule has 0 heterocycles. The molecule has 0 aliphatic heterocycles. The minimum absolute atomic E-state index is 0.709. The molecule has 0 unspecified atom stereocenters. The Hall–Kier alpha value is -2.35. The summed E-state index contributed by atoms with van der Waals surface area (Å²) in [5.41, 5.74) is 4.31. The van der Waals surface area contributed by atoms with Gasteiger partial charge in [-0.1, -0.05) is 75.2 Å². The molecule has 0 radical (unpaired) electrons. The lowest BCUT2D eigenvalue weighted by Gasteiger charge is -2.24. The van der Waals surface area contributed by atoms with Crippen molar-refractivity contribution in [3.8, 4) is 0 Å². The predicted octanol–water partition coefficient (Wildman–Crippen LogP) is 6.08. The van der Waals surface area contributed by atoms with Crippen LogP contribution in [0.1, 0.15) is 61.0 Å². The van der Waals surface area contributed by atoms with E-state index in [9.17, 15) is 4.79 Å². The number of benzene rings is 2. The molecule has 0 aromatic heterocycles. The SMILES string of the molecule is CCCCN(CCCC)c1ccc(/C=C/c2ccc(C=O)cc2)cc1. The van der Waals surface area contributed by atoms with Gasteiger partial charge in [0, 0.05) is 24.3 Å². The Labute approximate surface area is 152 Å². The molecule has 0 amide bonds. The normalized spacial score (nSPS) is 11.0. The highest BCUT2D eigenvalue weighted by Crippen LogP contribution is 2.18.